The molecule has 0 unspecified atom stereocenters. The number of hydrogen-bond acceptors (Lipinski definition) is 3. The van der Waals surface area contributed by atoms with Crippen LogP contribution in [0.1, 0.15) is 5.56 Å². The zero-order chi connectivity index (χ0) is 9.42. The van der Waals surface area contributed by atoms with Gasteiger partial charge in [0, 0.05) is 10.1 Å². The van der Waals surface area contributed by atoms with Gasteiger partial charge in [0.15, 0.2) is 5.82 Å². The Hall–Kier alpha value is -1.60. The van der Waals surface area contributed by atoms with Crippen molar-refractivity contribution in [1.29, 1.82) is 5.26 Å². The zero-order valence-electron chi connectivity index (χ0n) is 6.54. The van der Waals surface area contributed by atoms with Crippen molar-refractivity contribution in [1.82, 2.24) is 0 Å². The maximum Gasteiger partial charge on any atom is 0.165 e. The molecule has 0 saturated heterocycles. The maximum atomic E-state index is 13.2. The minimum absolute atomic E-state index is 0.171. The van der Waals surface area contributed by atoms with Crippen molar-refractivity contribution in [3.05, 3.63) is 29.6 Å². The molecule has 0 radical (unpaired) electrons. The molecule has 0 atom stereocenters. The fourth-order valence-corrected chi connectivity index (χ4v) is 2.04. The van der Waals surface area contributed by atoms with Gasteiger partial charge < -0.3 is 5.73 Å². The van der Waals surface area contributed by atoms with Gasteiger partial charge in [0.1, 0.15) is 5.00 Å². The molecular weight excluding hydrogens is 187 g/mol. The molecule has 0 aliphatic carbocycles. The van der Waals surface area contributed by atoms with E-state index in [4.69, 9.17) is 11.0 Å². The first-order valence-corrected chi connectivity index (χ1v) is 4.41. The van der Waals surface area contributed by atoms with E-state index in [-0.39, 0.29) is 10.8 Å². The van der Waals surface area contributed by atoms with E-state index < -0.39 is 0 Å². The number of fused-ring (bicyclic) bond motifs is 1. The fourth-order valence-electron chi connectivity index (χ4n) is 1.15. The molecular formula is C9H5FN2S. The molecule has 0 aliphatic heterocycles. The van der Waals surface area contributed by atoms with E-state index in [9.17, 15) is 4.39 Å². The molecule has 0 aliphatic rings. The summed E-state index contributed by atoms with van der Waals surface area (Å²) in [5.74, 6) is -0.385. The first kappa shape index (κ1) is 8.02. The van der Waals surface area contributed by atoms with E-state index in [0.717, 1.165) is 11.3 Å². The van der Waals surface area contributed by atoms with E-state index in [1.807, 2.05) is 6.07 Å². The molecule has 1 aromatic carbocycles. The standard InChI is InChI=1S/C9H5FN2S/c10-8-6-2-1-5(4-11)3-7(6)13-9(8)12/h1-3H,12H2. The van der Waals surface area contributed by atoms with Gasteiger partial charge in [-0.15, -0.1) is 11.3 Å². The highest BCUT2D eigenvalue weighted by Gasteiger charge is 2.08. The minimum Gasteiger partial charge on any atom is -0.388 e. The fraction of sp³-hybridized carbons (Fsp3) is 0. The smallest absolute Gasteiger partial charge is 0.165 e. The molecule has 2 aromatic rings. The normalized spacial score (nSPS) is 10.2. The van der Waals surface area contributed by atoms with Crippen molar-refractivity contribution in [2.75, 3.05) is 5.73 Å². The molecule has 64 valence electrons. The van der Waals surface area contributed by atoms with Crippen molar-refractivity contribution >= 4 is 26.4 Å². The summed E-state index contributed by atoms with van der Waals surface area (Å²) in [6, 6.07) is 6.79. The van der Waals surface area contributed by atoms with Crippen LogP contribution in [0, 0.1) is 17.1 Å². The second-order valence-corrected chi connectivity index (χ2v) is 3.69. The van der Waals surface area contributed by atoms with E-state index in [1.165, 1.54) is 0 Å². The number of nitrogens with zero attached hydrogens (tertiary/aromatic N) is 1. The average molecular weight is 192 g/mol. The first-order chi connectivity index (χ1) is 6.22. The first-order valence-electron chi connectivity index (χ1n) is 3.60. The number of nitriles is 1. The summed E-state index contributed by atoms with van der Waals surface area (Å²) in [7, 11) is 0. The lowest BCUT2D eigenvalue weighted by atomic mass is 10.2. The Bertz CT molecular complexity index is 510. The SMILES string of the molecule is N#Cc1ccc2c(F)c(N)sc2c1. The molecule has 13 heavy (non-hydrogen) atoms. The minimum atomic E-state index is -0.385. The van der Waals surface area contributed by atoms with Gasteiger partial charge in [-0.3, -0.25) is 0 Å². The highest BCUT2D eigenvalue weighted by atomic mass is 32.1. The molecule has 2 rings (SSSR count). The van der Waals surface area contributed by atoms with Gasteiger partial charge in [-0.2, -0.15) is 5.26 Å². The summed E-state index contributed by atoms with van der Waals surface area (Å²) >= 11 is 1.16. The second-order valence-electron chi connectivity index (χ2n) is 2.60. The third-order valence-electron chi connectivity index (χ3n) is 1.78. The second kappa shape index (κ2) is 2.71. The van der Waals surface area contributed by atoms with Crippen LogP contribution < -0.4 is 5.73 Å². The summed E-state index contributed by atoms with van der Waals surface area (Å²) in [6.07, 6.45) is 0. The summed E-state index contributed by atoms with van der Waals surface area (Å²) < 4.78 is 13.9. The Balaban J connectivity index is 2.82. The van der Waals surface area contributed by atoms with Crippen LogP contribution in [0.15, 0.2) is 18.2 Å². The molecule has 4 heteroatoms. The van der Waals surface area contributed by atoms with Crippen LogP contribution in [0.2, 0.25) is 0 Å². The lowest BCUT2D eigenvalue weighted by molar-refractivity contribution is 0.648. The van der Waals surface area contributed by atoms with Gasteiger partial charge in [-0.25, -0.2) is 4.39 Å². The van der Waals surface area contributed by atoms with Crippen LogP contribution in [-0.2, 0) is 0 Å². The number of nitrogen functional groups attached to an aromatic ring is 1. The van der Waals surface area contributed by atoms with Crippen LogP contribution in [0.5, 0.6) is 0 Å². The Morgan fingerprint density at radius 2 is 2.23 bits per heavy atom. The highest BCUT2D eigenvalue weighted by Crippen LogP contribution is 2.32. The van der Waals surface area contributed by atoms with Crippen LogP contribution in [0.4, 0.5) is 9.39 Å². The number of nitrogens with two attached hydrogens (primary N) is 1. The topological polar surface area (TPSA) is 49.8 Å². The van der Waals surface area contributed by atoms with Crippen LogP contribution in [-0.4, -0.2) is 0 Å². The van der Waals surface area contributed by atoms with Gasteiger partial charge in [-0.1, -0.05) is 0 Å². The quantitative estimate of drug-likeness (QED) is 0.697. The number of benzene rings is 1. The van der Waals surface area contributed by atoms with E-state index in [0.29, 0.717) is 15.6 Å². The van der Waals surface area contributed by atoms with Crippen molar-refractivity contribution in [3.8, 4) is 6.07 Å². The molecule has 2 nitrogen and oxygen atoms in total. The number of halogens is 1. The van der Waals surface area contributed by atoms with Crippen molar-refractivity contribution in [2.24, 2.45) is 0 Å². The Morgan fingerprint density at radius 3 is 2.92 bits per heavy atom. The van der Waals surface area contributed by atoms with Crippen LogP contribution in [0.25, 0.3) is 10.1 Å². The molecule has 1 aromatic heterocycles. The zero-order valence-corrected chi connectivity index (χ0v) is 7.36. The summed E-state index contributed by atoms with van der Waals surface area (Å²) in [6.45, 7) is 0. The summed E-state index contributed by atoms with van der Waals surface area (Å²) in [4.78, 5) is 0. The van der Waals surface area contributed by atoms with Gasteiger partial charge in [0.25, 0.3) is 0 Å². The van der Waals surface area contributed by atoms with Crippen LogP contribution in [0.3, 0.4) is 0 Å². The lowest BCUT2D eigenvalue weighted by Crippen LogP contribution is -1.81. The van der Waals surface area contributed by atoms with Gasteiger partial charge in [0.2, 0.25) is 0 Å². The summed E-state index contributed by atoms with van der Waals surface area (Å²) in [5.41, 5.74) is 5.93. The molecule has 0 amide bonds. The third-order valence-corrected chi connectivity index (χ3v) is 2.74. The number of anilines is 1. The molecule has 2 N–H and O–H groups in total. The average Bonchev–Trinajstić information content (AvgIpc) is 2.42. The van der Waals surface area contributed by atoms with Gasteiger partial charge >= 0.3 is 0 Å². The van der Waals surface area contributed by atoms with Crippen molar-refractivity contribution in [2.45, 2.75) is 0 Å². The summed E-state index contributed by atoms with van der Waals surface area (Å²) in [5, 5.41) is 9.26. The molecule has 0 fully saturated rings. The molecule has 1 heterocycles. The Morgan fingerprint density at radius 1 is 1.46 bits per heavy atom. The van der Waals surface area contributed by atoms with Gasteiger partial charge in [-0.05, 0) is 18.2 Å². The van der Waals surface area contributed by atoms with Gasteiger partial charge in [0.05, 0.1) is 11.6 Å². The van der Waals surface area contributed by atoms with Crippen molar-refractivity contribution < 1.29 is 4.39 Å². The van der Waals surface area contributed by atoms with Crippen molar-refractivity contribution in [3.63, 3.8) is 0 Å². The lowest BCUT2D eigenvalue weighted by Gasteiger charge is -1.89. The van der Waals surface area contributed by atoms with E-state index >= 15 is 0 Å². The van der Waals surface area contributed by atoms with Crippen LogP contribution >= 0.6 is 11.3 Å². The third kappa shape index (κ3) is 1.14. The Kier molecular flexibility index (Phi) is 1.67. The maximum absolute atomic E-state index is 13.2. The highest BCUT2D eigenvalue weighted by molar-refractivity contribution is 7.22. The van der Waals surface area contributed by atoms with E-state index in [2.05, 4.69) is 0 Å². The number of hydrogen-bond donors (Lipinski definition) is 1. The van der Waals surface area contributed by atoms with E-state index in [1.54, 1.807) is 18.2 Å². The molecule has 0 bridgehead atoms. The number of rotatable bonds is 0. The predicted octanol–water partition coefficient (Wildman–Crippen LogP) is 2.49. The molecule has 0 saturated carbocycles. The monoisotopic (exact) mass is 192 g/mol. The number of thiophene rings is 1. The Labute approximate surface area is 78.0 Å². The predicted molar refractivity (Wildman–Crippen MR) is 50.9 cm³/mol. The molecule has 0 spiro atoms. The largest absolute Gasteiger partial charge is 0.388 e.